The lowest BCUT2D eigenvalue weighted by Gasteiger charge is -2.13. The van der Waals surface area contributed by atoms with Crippen LogP contribution >= 0.6 is 27.5 Å². The molecular weight excluding hydrogens is 560 g/mol. The van der Waals surface area contributed by atoms with Crippen LogP contribution in [0.5, 0.6) is 5.75 Å². The molecule has 0 saturated heterocycles. The summed E-state index contributed by atoms with van der Waals surface area (Å²) in [5.41, 5.74) is 4.02. The molecule has 0 saturated carbocycles. The summed E-state index contributed by atoms with van der Waals surface area (Å²) in [6.45, 7) is 2.69. The standard InChI is InChI=1S/C27H24BrClN4O4/c1-2-3-14-37-20-11-9-19(10-12-20)30-26(35)27(36)32-33-23-13-8-18(28)15-17(23)16-24(33)25(34)31-22-7-5-4-6-21(22)29/h4-13,15-16H,2-3,14H2,1H3,(H,30,35)(H,31,34)(H,32,36). The minimum absolute atomic E-state index is 0.114. The van der Waals surface area contributed by atoms with E-state index in [4.69, 9.17) is 16.3 Å². The Morgan fingerprint density at radius 3 is 2.43 bits per heavy atom. The number of hydrogen-bond acceptors (Lipinski definition) is 4. The Labute approximate surface area is 227 Å². The van der Waals surface area contributed by atoms with E-state index in [0.29, 0.717) is 39.7 Å². The van der Waals surface area contributed by atoms with Crippen LogP contribution in [0.3, 0.4) is 0 Å². The highest BCUT2D eigenvalue weighted by atomic mass is 79.9. The normalized spacial score (nSPS) is 10.7. The third-order valence-corrected chi connectivity index (χ3v) is 6.24. The van der Waals surface area contributed by atoms with E-state index >= 15 is 0 Å². The fraction of sp³-hybridized carbons (Fsp3) is 0.148. The van der Waals surface area contributed by atoms with E-state index in [1.165, 1.54) is 4.68 Å². The largest absolute Gasteiger partial charge is 0.494 e. The van der Waals surface area contributed by atoms with Gasteiger partial charge in [0, 0.05) is 15.5 Å². The van der Waals surface area contributed by atoms with Crippen LogP contribution in [0.2, 0.25) is 5.02 Å². The Morgan fingerprint density at radius 2 is 1.70 bits per heavy atom. The number of rotatable bonds is 8. The maximum absolute atomic E-state index is 13.1. The summed E-state index contributed by atoms with van der Waals surface area (Å²) in [7, 11) is 0. The number of halogens is 2. The van der Waals surface area contributed by atoms with Gasteiger partial charge in [0.25, 0.3) is 5.91 Å². The Morgan fingerprint density at radius 1 is 0.946 bits per heavy atom. The highest BCUT2D eigenvalue weighted by Gasteiger charge is 2.21. The number of benzene rings is 3. The zero-order chi connectivity index (χ0) is 26.4. The molecule has 0 spiro atoms. The summed E-state index contributed by atoms with van der Waals surface area (Å²) in [5, 5.41) is 6.34. The van der Waals surface area contributed by atoms with E-state index in [0.717, 1.165) is 17.3 Å². The van der Waals surface area contributed by atoms with Gasteiger partial charge < -0.3 is 15.4 Å². The van der Waals surface area contributed by atoms with Gasteiger partial charge >= 0.3 is 11.8 Å². The molecule has 0 bridgehead atoms. The topological polar surface area (TPSA) is 101 Å². The molecule has 190 valence electrons. The van der Waals surface area contributed by atoms with Crippen molar-refractivity contribution in [2.24, 2.45) is 0 Å². The predicted octanol–water partition coefficient (Wildman–Crippen LogP) is 6.20. The number of para-hydroxylation sites is 1. The third-order valence-electron chi connectivity index (χ3n) is 5.42. The first-order chi connectivity index (χ1) is 17.9. The van der Waals surface area contributed by atoms with Gasteiger partial charge in [-0.2, -0.15) is 0 Å². The number of nitrogens with one attached hydrogen (secondary N) is 3. The van der Waals surface area contributed by atoms with Crippen LogP contribution in [0.15, 0.2) is 77.3 Å². The SMILES string of the molecule is CCCCOc1ccc(NC(=O)C(=O)Nn2c(C(=O)Nc3ccccc3Cl)cc3cc(Br)ccc32)cc1. The van der Waals surface area contributed by atoms with Crippen molar-refractivity contribution in [3.63, 3.8) is 0 Å². The van der Waals surface area contributed by atoms with Gasteiger partial charge in [0.05, 0.1) is 22.8 Å². The number of anilines is 2. The molecule has 0 radical (unpaired) electrons. The molecule has 4 aromatic rings. The maximum Gasteiger partial charge on any atom is 0.328 e. The molecule has 3 amide bonds. The molecule has 10 heteroatoms. The lowest BCUT2D eigenvalue weighted by Crippen LogP contribution is -2.36. The molecule has 0 fully saturated rings. The van der Waals surface area contributed by atoms with Crippen molar-refractivity contribution in [2.75, 3.05) is 22.7 Å². The minimum Gasteiger partial charge on any atom is -0.494 e. The molecule has 0 atom stereocenters. The van der Waals surface area contributed by atoms with Crippen LogP contribution in [0, 0.1) is 0 Å². The van der Waals surface area contributed by atoms with E-state index in [1.807, 2.05) is 0 Å². The maximum atomic E-state index is 13.1. The molecule has 0 aliphatic heterocycles. The number of unbranched alkanes of at least 4 members (excludes halogenated alkanes) is 1. The molecule has 0 aliphatic rings. The van der Waals surface area contributed by atoms with E-state index < -0.39 is 17.7 Å². The van der Waals surface area contributed by atoms with E-state index in [-0.39, 0.29) is 5.69 Å². The summed E-state index contributed by atoms with van der Waals surface area (Å²) in [6.07, 6.45) is 1.97. The average molecular weight is 584 g/mol. The Hall–Kier alpha value is -3.82. The van der Waals surface area contributed by atoms with Gasteiger partial charge in [0.15, 0.2) is 0 Å². The number of nitrogens with zero attached hydrogens (tertiary/aromatic N) is 1. The zero-order valence-corrected chi connectivity index (χ0v) is 22.2. The van der Waals surface area contributed by atoms with Crippen molar-refractivity contribution in [1.29, 1.82) is 0 Å². The smallest absolute Gasteiger partial charge is 0.328 e. The zero-order valence-electron chi connectivity index (χ0n) is 19.9. The van der Waals surface area contributed by atoms with Gasteiger partial charge in [0.1, 0.15) is 11.4 Å². The fourth-order valence-electron chi connectivity index (χ4n) is 3.53. The molecule has 8 nitrogen and oxygen atoms in total. The van der Waals surface area contributed by atoms with Crippen molar-refractivity contribution >= 4 is 67.5 Å². The summed E-state index contributed by atoms with van der Waals surface area (Å²) in [4.78, 5) is 38.6. The second-order valence-corrected chi connectivity index (χ2v) is 9.45. The Bertz CT molecular complexity index is 1450. The number of amides is 3. The number of carbonyl (C=O) groups excluding carboxylic acids is 3. The summed E-state index contributed by atoms with van der Waals surface area (Å²) in [5.74, 6) is -1.68. The first-order valence-electron chi connectivity index (χ1n) is 11.6. The summed E-state index contributed by atoms with van der Waals surface area (Å²) in [6, 6.07) is 20.4. The first kappa shape index (κ1) is 26.2. The lowest BCUT2D eigenvalue weighted by molar-refractivity contribution is -0.133. The van der Waals surface area contributed by atoms with Crippen molar-refractivity contribution in [1.82, 2.24) is 4.68 Å². The minimum atomic E-state index is -0.949. The first-order valence-corrected chi connectivity index (χ1v) is 12.7. The molecule has 3 N–H and O–H groups in total. The van der Waals surface area contributed by atoms with E-state index in [9.17, 15) is 14.4 Å². The molecule has 0 aliphatic carbocycles. The van der Waals surface area contributed by atoms with Gasteiger partial charge in [-0.25, -0.2) is 4.68 Å². The number of aromatic nitrogens is 1. The van der Waals surface area contributed by atoms with Crippen molar-refractivity contribution in [2.45, 2.75) is 19.8 Å². The molecule has 37 heavy (non-hydrogen) atoms. The van der Waals surface area contributed by atoms with Crippen molar-refractivity contribution in [3.05, 3.63) is 88.0 Å². The number of fused-ring (bicyclic) bond motifs is 1. The van der Waals surface area contributed by atoms with Crippen molar-refractivity contribution < 1.29 is 19.1 Å². The van der Waals surface area contributed by atoms with Crippen LogP contribution < -0.4 is 20.8 Å². The molecule has 1 heterocycles. The Kier molecular flexibility index (Phi) is 8.47. The van der Waals surface area contributed by atoms with Gasteiger partial charge in [-0.3, -0.25) is 19.8 Å². The molecule has 3 aromatic carbocycles. The summed E-state index contributed by atoms with van der Waals surface area (Å²) >= 11 is 9.59. The number of carbonyl (C=O) groups is 3. The second kappa shape index (κ2) is 11.9. The number of hydrogen-bond donors (Lipinski definition) is 3. The summed E-state index contributed by atoms with van der Waals surface area (Å²) < 4.78 is 7.69. The number of ether oxygens (including phenoxy) is 1. The lowest BCUT2D eigenvalue weighted by atomic mass is 10.2. The molecular formula is C27H24BrClN4O4. The average Bonchev–Trinajstić information content (AvgIpc) is 3.23. The quantitative estimate of drug-likeness (QED) is 0.170. The van der Waals surface area contributed by atoms with Crippen LogP contribution in [-0.2, 0) is 9.59 Å². The van der Waals surface area contributed by atoms with Crippen LogP contribution in [0.4, 0.5) is 11.4 Å². The van der Waals surface area contributed by atoms with Gasteiger partial charge in [0.2, 0.25) is 0 Å². The van der Waals surface area contributed by atoms with Crippen LogP contribution in [-0.4, -0.2) is 29.0 Å². The van der Waals surface area contributed by atoms with E-state index in [1.54, 1.807) is 72.8 Å². The van der Waals surface area contributed by atoms with Crippen LogP contribution in [0.25, 0.3) is 10.9 Å². The fourth-order valence-corrected chi connectivity index (χ4v) is 4.09. The van der Waals surface area contributed by atoms with Gasteiger partial charge in [-0.15, -0.1) is 0 Å². The predicted molar refractivity (Wildman–Crippen MR) is 149 cm³/mol. The molecule has 4 rings (SSSR count). The van der Waals surface area contributed by atoms with E-state index in [2.05, 4.69) is 38.9 Å². The van der Waals surface area contributed by atoms with Crippen molar-refractivity contribution in [3.8, 4) is 5.75 Å². The monoisotopic (exact) mass is 582 g/mol. The molecule has 0 unspecified atom stereocenters. The highest BCUT2D eigenvalue weighted by Crippen LogP contribution is 2.26. The second-order valence-electron chi connectivity index (χ2n) is 8.12. The molecule has 1 aromatic heterocycles. The Balaban J connectivity index is 1.52. The van der Waals surface area contributed by atoms with Gasteiger partial charge in [-0.1, -0.05) is 53.0 Å². The highest BCUT2D eigenvalue weighted by molar-refractivity contribution is 9.10. The third kappa shape index (κ3) is 6.49. The van der Waals surface area contributed by atoms with Gasteiger partial charge in [-0.05, 0) is 67.1 Å². The van der Waals surface area contributed by atoms with Crippen LogP contribution in [0.1, 0.15) is 30.3 Å².